The molecule has 152 valence electrons. The summed E-state index contributed by atoms with van der Waals surface area (Å²) in [5.41, 5.74) is 3.58. The zero-order chi connectivity index (χ0) is 20.4. The minimum atomic E-state index is -0.0850. The van der Waals surface area contributed by atoms with Crippen LogP contribution in [0.4, 0.5) is 5.69 Å². The van der Waals surface area contributed by atoms with Crippen LogP contribution in [0.3, 0.4) is 0 Å². The van der Waals surface area contributed by atoms with Crippen LogP contribution in [0, 0.1) is 13.8 Å². The fraction of sp³-hybridized carbons (Fsp3) is 0.400. The van der Waals surface area contributed by atoms with Crippen LogP contribution in [-0.4, -0.2) is 62.1 Å². The normalized spacial score (nSPS) is 17.4. The third-order valence-corrected chi connectivity index (χ3v) is 5.07. The van der Waals surface area contributed by atoms with E-state index in [0.717, 1.165) is 22.6 Å². The summed E-state index contributed by atoms with van der Waals surface area (Å²) < 4.78 is 7.48. The molecule has 1 atom stereocenters. The maximum absolute atomic E-state index is 12.9. The predicted octanol–water partition coefficient (Wildman–Crippen LogP) is 1.83. The van der Waals surface area contributed by atoms with Crippen LogP contribution in [0.5, 0.6) is 0 Å². The number of anilines is 1. The molecule has 1 aliphatic heterocycles. The van der Waals surface area contributed by atoms with E-state index in [1.165, 1.54) is 0 Å². The van der Waals surface area contributed by atoms with Gasteiger partial charge in [0.1, 0.15) is 5.82 Å². The number of benzene rings is 1. The molecule has 1 saturated heterocycles. The van der Waals surface area contributed by atoms with Crippen molar-refractivity contribution in [3.8, 4) is 11.4 Å². The standard InChI is InChI=1S/C20H25N7O2/c1-13-4-5-15(20-22-14(2)24-25-20)16(10-13)23-19(28)11-27-8-9-29-12-18(27)17-6-7-21-26(17)3/h4-7,10,18H,8-9,11-12H2,1-3H3,(H,23,28)(H,22,24,25). The number of H-pyrrole nitrogens is 1. The third-order valence-electron chi connectivity index (χ3n) is 5.07. The van der Waals surface area contributed by atoms with Crippen molar-refractivity contribution in [2.45, 2.75) is 19.9 Å². The Hall–Kier alpha value is -3.04. The molecular formula is C20H25N7O2. The van der Waals surface area contributed by atoms with Crippen LogP contribution in [0.1, 0.15) is 23.1 Å². The van der Waals surface area contributed by atoms with E-state index in [1.807, 2.05) is 49.8 Å². The molecule has 1 fully saturated rings. The van der Waals surface area contributed by atoms with E-state index in [9.17, 15) is 4.79 Å². The number of aryl methyl sites for hydroxylation is 3. The number of nitrogens with one attached hydrogen (secondary N) is 2. The van der Waals surface area contributed by atoms with Crippen LogP contribution >= 0.6 is 0 Å². The Bertz CT molecular complexity index is 1010. The number of hydrogen-bond acceptors (Lipinski definition) is 6. The van der Waals surface area contributed by atoms with E-state index < -0.39 is 0 Å². The smallest absolute Gasteiger partial charge is 0.238 e. The first-order valence-corrected chi connectivity index (χ1v) is 9.61. The molecule has 0 radical (unpaired) electrons. The molecule has 0 aliphatic carbocycles. The van der Waals surface area contributed by atoms with Gasteiger partial charge < -0.3 is 10.1 Å². The van der Waals surface area contributed by atoms with Crippen LogP contribution < -0.4 is 5.32 Å². The molecule has 1 aromatic carbocycles. The summed E-state index contributed by atoms with van der Waals surface area (Å²) in [6.45, 7) is 5.93. The molecule has 0 saturated carbocycles. The topological polar surface area (TPSA) is 101 Å². The minimum absolute atomic E-state index is 0.00497. The highest BCUT2D eigenvalue weighted by Gasteiger charge is 2.28. The van der Waals surface area contributed by atoms with Gasteiger partial charge in [-0.2, -0.15) is 10.2 Å². The SMILES string of the molecule is Cc1ccc(-c2n[nH]c(C)n2)c(NC(=O)CN2CCOCC2c2ccnn2C)c1. The quantitative estimate of drug-likeness (QED) is 0.684. The lowest BCUT2D eigenvalue weighted by molar-refractivity contribution is -0.119. The lowest BCUT2D eigenvalue weighted by Gasteiger charge is -2.35. The first kappa shape index (κ1) is 19.3. The van der Waals surface area contributed by atoms with Gasteiger partial charge in [-0.05, 0) is 37.6 Å². The Morgan fingerprint density at radius 1 is 1.34 bits per heavy atom. The average Bonchev–Trinajstić information content (AvgIpc) is 3.30. The van der Waals surface area contributed by atoms with Crippen LogP contribution in [0.25, 0.3) is 11.4 Å². The van der Waals surface area contributed by atoms with Gasteiger partial charge >= 0.3 is 0 Å². The second-order valence-corrected chi connectivity index (χ2v) is 7.28. The van der Waals surface area contributed by atoms with Gasteiger partial charge in [0.15, 0.2) is 5.82 Å². The van der Waals surface area contributed by atoms with Gasteiger partial charge in [-0.1, -0.05) is 6.07 Å². The fourth-order valence-electron chi connectivity index (χ4n) is 3.60. The Labute approximate surface area is 169 Å². The number of carbonyl (C=O) groups is 1. The molecular weight excluding hydrogens is 370 g/mol. The summed E-state index contributed by atoms with van der Waals surface area (Å²) in [6, 6.07) is 7.82. The number of hydrogen-bond donors (Lipinski definition) is 2. The molecule has 3 heterocycles. The Morgan fingerprint density at radius 2 is 2.21 bits per heavy atom. The highest BCUT2D eigenvalue weighted by Crippen LogP contribution is 2.27. The number of carbonyl (C=O) groups excluding carboxylic acids is 1. The summed E-state index contributed by atoms with van der Waals surface area (Å²) in [5.74, 6) is 1.21. The Morgan fingerprint density at radius 3 is 2.93 bits per heavy atom. The van der Waals surface area contributed by atoms with E-state index in [2.05, 4.69) is 30.5 Å². The van der Waals surface area contributed by atoms with Gasteiger partial charge in [0.2, 0.25) is 5.91 Å². The van der Waals surface area contributed by atoms with Crippen molar-refractivity contribution in [3.63, 3.8) is 0 Å². The number of rotatable bonds is 5. The molecule has 3 aromatic rings. The number of aromatic amines is 1. The molecule has 0 spiro atoms. The summed E-state index contributed by atoms with van der Waals surface area (Å²) in [7, 11) is 1.90. The van der Waals surface area contributed by atoms with Gasteiger partial charge in [0.05, 0.1) is 37.2 Å². The van der Waals surface area contributed by atoms with Gasteiger partial charge in [0, 0.05) is 25.4 Å². The van der Waals surface area contributed by atoms with Crippen molar-refractivity contribution in [1.82, 2.24) is 29.9 Å². The molecule has 9 heteroatoms. The molecule has 4 rings (SSSR count). The molecule has 9 nitrogen and oxygen atoms in total. The van der Waals surface area contributed by atoms with Crippen LogP contribution in [0.2, 0.25) is 0 Å². The summed E-state index contributed by atoms with van der Waals surface area (Å²) >= 11 is 0. The maximum Gasteiger partial charge on any atom is 0.238 e. The van der Waals surface area contributed by atoms with E-state index in [-0.39, 0.29) is 18.5 Å². The molecule has 2 N–H and O–H groups in total. The first-order valence-electron chi connectivity index (χ1n) is 9.61. The third kappa shape index (κ3) is 4.20. The van der Waals surface area contributed by atoms with Gasteiger partial charge in [-0.25, -0.2) is 4.98 Å². The Kier molecular flexibility index (Phi) is 5.41. The van der Waals surface area contributed by atoms with E-state index in [4.69, 9.17) is 4.74 Å². The number of ether oxygens (including phenoxy) is 1. The second-order valence-electron chi connectivity index (χ2n) is 7.28. The molecule has 1 unspecified atom stereocenters. The van der Waals surface area contributed by atoms with Gasteiger partial charge in [-0.15, -0.1) is 0 Å². The maximum atomic E-state index is 12.9. The summed E-state index contributed by atoms with van der Waals surface area (Å²) in [5, 5.41) is 14.4. The predicted molar refractivity (Wildman–Crippen MR) is 108 cm³/mol. The molecule has 2 aromatic heterocycles. The molecule has 1 aliphatic rings. The summed E-state index contributed by atoms with van der Waals surface area (Å²) in [6.07, 6.45) is 1.76. The highest BCUT2D eigenvalue weighted by atomic mass is 16.5. The number of nitrogens with zero attached hydrogens (tertiary/aromatic N) is 5. The van der Waals surface area contributed by atoms with Crippen molar-refractivity contribution in [3.05, 3.63) is 47.5 Å². The highest BCUT2D eigenvalue weighted by molar-refractivity contribution is 5.96. The lowest BCUT2D eigenvalue weighted by Crippen LogP contribution is -2.44. The number of amides is 1. The monoisotopic (exact) mass is 395 g/mol. The molecule has 1 amide bonds. The van der Waals surface area contributed by atoms with Crippen molar-refractivity contribution in [2.75, 3.05) is 31.6 Å². The van der Waals surface area contributed by atoms with Gasteiger partial charge in [-0.3, -0.25) is 19.5 Å². The van der Waals surface area contributed by atoms with Crippen molar-refractivity contribution < 1.29 is 9.53 Å². The van der Waals surface area contributed by atoms with E-state index in [0.29, 0.717) is 31.3 Å². The average molecular weight is 395 g/mol. The molecule has 0 bridgehead atoms. The number of morpholine rings is 1. The zero-order valence-electron chi connectivity index (χ0n) is 16.8. The van der Waals surface area contributed by atoms with E-state index >= 15 is 0 Å². The largest absolute Gasteiger partial charge is 0.378 e. The van der Waals surface area contributed by atoms with Gasteiger partial charge in [0.25, 0.3) is 0 Å². The lowest BCUT2D eigenvalue weighted by atomic mass is 10.1. The van der Waals surface area contributed by atoms with E-state index in [1.54, 1.807) is 6.20 Å². The van der Waals surface area contributed by atoms with Crippen LogP contribution in [0.15, 0.2) is 30.5 Å². The van der Waals surface area contributed by atoms with Crippen molar-refractivity contribution in [2.24, 2.45) is 7.05 Å². The fourth-order valence-corrected chi connectivity index (χ4v) is 3.60. The van der Waals surface area contributed by atoms with Crippen molar-refractivity contribution in [1.29, 1.82) is 0 Å². The molecule has 29 heavy (non-hydrogen) atoms. The second kappa shape index (κ2) is 8.14. The van der Waals surface area contributed by atoms with Crippen LogP contribution in [-0.2, 0) is 16.6 Å². The Balaban J connectivity index is 1.52. The summed E-state index contributed by atoms with van der Waals surface area (Å²) in [4.78, 5) is 19.4. The number of aromatic nitrogens is 5. The minimum Gasteiger partial charge on any atom is -0.378 e. The zero-order valence-corrected chi connectivity index (χ0v) is 16.8. The van der Waals surface area contributed by atoms with Crippen molar-refractivity contribution >= 4 is 11.6 Å². The first-order chi connectivity index (χ1) is 14.0.